The number of hydrogen-bond donors (Lipinski definition) is 0. The minimum Gasteiger partial charge on any atom is -0.337 e. The van der Waals surface area contributed by atoms with E-state index in [4.69, 9.17) is 5.26 Å². The highest BCUT2D eigenvalue weighted by atomic mass is 15.0. The van der Waals surface area contributed by atoms with Crippen LogP contribution in [0.4, 0.5) is 0 Å². The van der Waals surface area contributed by atoms with Crippen molar-refractivity contribution in [2.75, 3.05) is 0 Å². The molecule has 0 saturated carbocycles. The molecule has 0 N–H and O–H groups in total. The third-order valence-electron chi connectivity index (χ3n) is 2.19. The number of rotatable bonds is 4. The van der Waals surface area contributed by atoms with E-state index in [0.29, 0.717) is 6.42 Å². The van der Waals surface area contributed by atoms with E-state index in [-0.39, 0.29) is 0 Å². The molecule has 16 heavy (non-hydrogen) atoms. The van der Waals surface area contributed by atoms with Gasteiger partial charge in [-0.25, -0.2) is 15.0 Å². The van der Waals surface area contributed by atoms with Gasteiger partial charge in [-0.1, -0.05) is 0 Å². The van der Waals surface area contributed by atoms with Crippen molar-refractivity contribution in [3.63, 3.8) is 0 Å². The van der Waals surface area contributed by atoms with E-state index in [1.54, 1.807) is 18.7 Å². The first-order chi connectivity index (χ1) is 7.90. The molecule has 0 unspecified atom stereocenters. The largest absolute Gasteiger partial charge is 0.337 e. The third-order valence-corrected chi connectivity index (χ3v) is 2.19. The summed E-state index contributed by atoms with van der Waals surface area (Å²) in [7, 11) is 0. The molecule has 0 fully saturated rings. The van der Waals surface area contributed by atoms with Gasteiger partial charge in [0.1, 0.15) is 6.33 Å². The second-order valence-electron chi connectivity index (χ2n) is 3.39. The summed E-state index contributed by atoms with van der Waals surface area (Å²) >= 11 is 0. The summed E-state index contributed by atoms with van der Waals surface area (Å²) in [6.45, 7) is 0.814. The lowest BCUT2D eigenvalue weighted by Gasteiger charge is -1.97. The fraction of sp³-hybridized carbons (Fsp3) is 0.273. The van der Waals surface area contributed by atoms with E-state index in [2.05, 4.69) is 21.0 Å². The Kier molecular flexibility index (Phi) is 3.24. The number of imidazole rings is 1. The minimum atomic E-state index is 0.571. The zero-order valence-corrected chi connectivity index (χ0v) is 8.74. The second kappa shape index (κ2) is 5.03. The van der Waals surface area contributed by atoms with Crippen LogP contribution in [0.3, 0.4) is 0 Å². The molecule has 5 heteroatoms. The van der Waals surface area contributed by atoms with Crippen molar-refractivity contribution in [1.82, 2.24) is 19.5 Å². The topological polar surface area (TPSA) is 67.4 Å². The Morgan fingerprint density at radius 3 is 2.88 bits per heavy atom. The highest BCUT2D eigenvalue weighted by Crippen LogP contribution is 2.13. The molecule has 0 aliphatic rings. The number of unbranched alkanes of at least 4 members (excludes halogenated alkanes) is 1. The van der Waals surface area contributed by atoms with E-state index in [0.717, 1.165) is 24.2 Å². The van der Waals surface area contributed by atoms with Crippen LogP contribution in [-0.2, 0) is 6.54 Å². The van der Waals surface area contributed by atoms with Crippen molar-refractivity contribution in [2.45, 2.75) is 19.4 Å². The molecular formula is C11H11N5. The van der Waals surface area contributed by atoms with Gasteiger partial charge in [-0.3, -0.25) is 0 Å². The number of aryl methyl sites for hydroxylation is 1. The van der Waals surface area contributed by atoms with E-state index < -0.39 is 0 Å². The summed E-state index contributed by atoms with van der Waals surface area (Å²) in [6.07, 6.45) is 10.1. The molecule has 0 spiro atoms. The van der Waals surface area contributed by atoms with Crippen LogP contribution >= 0.6 is 0 Å². The predicted molar refractivity (Wildman–Crippen MR) is 58.1 cm³/mol. The summed E-state index contributed by atoms with van der Waals surface area (Å²) in [5.41, 5.74) is 1.76. The Labute approximate surface area is 93.4 Å². The summed E-state index contributed by atoms with van der Waals surface area (Å²) in [6, 6.07) is 2.12. The summed E-state index contributed by atoms with van der Waals surface area (Å²) in [5, 5.41) is 8.44. The maximum absolute atomic E-state index is 8.44. The standard InChI is InChI=1S/C11H11N5/c12-3-1-2-4-16-7-11(15-9-16)10-5-13-8-14-6-10/h5-9H,1-2,4H2. The maximum Gasteiger partial charge on any atom is 0.115 e. The lowest BCUT2D eigenvalue weighted by molar-refractivity contribution is 0.653. The summed E-state index contributed by atoms with van der Waals surface area (Å²) in [4.78, 5) is 12.1. The molecule has 80 valence electrons. The van der Waals surface area contributed by atoms with E-state index >= 15 is 0 Å². The van der Waals surface area contributed by atoms with Crippen molar-refractivity contribution in [3.8, 4) is 17.3 Å². The van der Waals surface area contributed by atoms with Gasteiger partial charge in [0, 0.05) is 37.1 Å². The summed E-state index contributed by atoms with van der Waals surface area (Å²) < 4.78 is 1.97. The molecular weight excluding hydrogens is 202 g/mol. The van der Waals surface area contributed by atoms with Crippen molar-refractivity contribution in [2.24, 2.45) is 0 Å². The SMILES string of the molecule is N#CCCCn1cnc(-c2cncnc2)c1. The molecule has 0 aliphatic carbocycles. The molecule has 0 saturated heterocycles. The lowest BCUT2D eigenvalue weighted by atomic mass is 10.3. The smallest absolute Gasteiger partial charge is 0.115 e. The van der Waals surface area contributed by atoms with Gasteiger partial charge >= 0.3 is 0 Å². The highest BCUT2D eigenvalue weighted by Gasteiger charge is 2.01. The maximum atomic E-state index is 8.44. The average molecular weight is 213 g/mol. The van der Waals surface area contributed by atoms with Crippen LogP contribution in [0.1, 0.15) is 12.8 Å². The molecule has 2 aromatic rings. The van der Waals surface area contributed by atoms with E-state index in [9.17, 15) is 0 Å². The Hall–Kier alpha value is -2.22. The molecule has 0 atom stereocenters. The predicted octanol–water partition coefficient (Wildman–Crippen LogP) is 1.64. The van der Waals surface area contributed by atoms with Gasteiger partial charge in [0.15, 0.2) is 0 Å². The molecule has 5 nitrogen and oxygen atoms in total. The minimum absolute atomic E-state index is 0.571. The Morgan fingerprint density at radius 2 is 2.12 bits per heavy atom. The molecule has 2 rings (SSSR count). The van der Waals surface area contributed by atoms with Gasteiger partial charge in [-0.05, 0) is 6.42 Å². The van der Waals surface area contributed by atoms with E-state index in [1.807, 2.05) is 10.8 Å². The van der Waals surface area contributed by atoms with Gasteiger partial charge in [0.25, 0.3) is 0 Å². The zero-order chi connectivity index (χ0) is 11.2. The van der Waals surface area contributed by atoms with Crippen LogP contribution in [0.2, 0.25) is 0 Å². The van der Waals surface area contributed by atoms with Crippen LogP contribution in [0, 0.1) is 11.3 Å². The van der Waals surface area contributed by atoms with Gasteiger partial charge in [-0.2, -0.15) is 5.26 Å². The number of aromatic nitrogens is 4. The van der Waals surface area contributed by atoms with Gasteiger partial charge in [0.05, 0.1) is 18.1 Å². The van der Waals surface area contributed by atoms with Crippen molar-refractivity contribution < 1.29 is 0 Å². The zero-order valence-electron chi connectivity index (χ0n) is 8.74. The summed E-state index contributed by atoms with van der Waals surface area (Å²) in [5.74, 6) is 0. The van der Waals surface area contributed by atoms with Crippen molar-refractivity contribution >= 4 is 0 Å². The van der Waals surface area contributed by atoms with Gasteiger partial charge in [-0.15, -0.1) is 0 Å². The van der Waals surface area contributed by atoms with Gasteiger partial charge in [0.2, 0.25) is 0 Å². The first-order valence-electron chi connectivity index (χ1n) is 5.04. The normalized spacial score (nSPS) is 9.94. The average Bonchev–Trinajstić information content (AvgIpc) is 2.79. The molecule has 2 heterocycles. The Morgan fingerprint density at radius 1 is 1.31 bits per heavy atom. The Balaban J connectivity index is 2.06. The lowest BCUT2D eigenvalue weighted by Crippen LogP contribution is -1.93. The van der Waals surface area contributed by atoms with Crippen LogP contribution in [-0.4, -0.2) is 19.5 Å². The molecule has 0 amide bonds. The number of nitrogens with zero attached hydrogens (tertiary/aromatic N) is 5. The van der Waals surface area contributed by atoms with Crippen molar-refractivity contribution in [3.05, 3.63) is 31.2 Å². The molecule has 2 aromatic heterocycles. The quantitative estimate of drug-likeness (QED) is 0.724. The Bertz CT molecular complexity index is 483. The van der Waals surface area contributed by atoms with Crippen LogP contribution in [0.15, 0.2) is 31.2 Å². The van der Waals surface area contributed by atoms with E-state index in [1.165, 1.54) is 6.33 Å². The van der Waals surface area contributed by atoms with Crippen molar-refractivity contribution in [1.29, 1.82) is 5.26 Å². The third kappa shape index (κ3) is 2.42. The number of hydrogen-bond acceptors (Lipinski definition) is 4. The van der Waals surface area contributed by atoms with Crippen LogP contribution in [0.25, 0.3) is 11.3 Å². The van der Waals surface area contributed by atoms with Gasteiger partial charge < -0.3 is 4.57 Å². The second-order valence-corrected chi connectivity index (χ2v) is 3.39. The molecule has 0 bridgehead atoms. The first kappa shape index (κ1) is 10.3. The molecule has 0 radical (unpaired) electrons. The first-order valence-corrected chi connectivity index (χ1v) is 5.04. The van der Waals surface area contributed by atoms with Crippen LogP contribution in [0.5, 0.6) is 0 Å². The monoisotopic (exact) mass is 213 g/mol. The fourth-order valence-electron chi connectivity index (χ4n) is 1.40. The number of nitriles is 1. The van der Waals surface area contributed by atoms with Crippen LogP contribution < -0.4 is 0 Å². The molecule has 0 aromatic carbocycles. The highest BCUT2D eigenvalue weighted by molar-refractivity contribution is 5.55. The molecule has 0 aliphatic heterocycles. The fourth-order valence-corrected chi connectivity index (χ4v) is 1.40.